The molecule has 304 valence electrons. The Morgan fingerprint density at radius 3 is 1.73 bits per heavy atom. The number of benzene rings is 7. The minimum absolute atomic E-state index is 0.123. The molecule has 0 N–H and O–H groups in total. The lowest BCUT2D eigenvalue weighted by Gasteiger charge is -2.36. The molecule has 12 rings (SSSR count). The van der Waals surface area contributed by atoms with E-state index >= 15 is 0 Å². The third kappa shape index (κ3) is 6.48. The molecule has 8 heteroatoms. The molecule has 0 spiro atoms. The first kappa shape index (κ1) is 37.2. The number of hydrogen-bond donors (Lipinski definition) is 0. The summed E-state index contributed by atoms with van der Waals surface area (Å²) in [7, 11) is 0. The maximum absolute atomic E-state index is 7.09. The van der Waals surface area contributed by atoms with E-state index in [-0.39, 0.29) is 6.04 Å². The van der Waals surface area contributed by atoms with E-state index in [1.54, 1.807) is 12.4 Å². The molecule has 0 bridgehead atoms. The van der Waals surface area contributed by atoms with Gasteiger partial charge in [0.1, 0.15) is 11.3 Å². The van der Waals surface area contributed by atoms with E-state index in [2.05, 4.69) is 185 Å². The predicted octanol–water partition coefficient (Wildman–Crippen LogP) is 14.5. The predicted molar refractivity (Wildman–Crippen MR) is 260 cm³/mol. The highest BCUT2D eigenvalue weighted by Gasteiger charge is 2.31. The Bertz CT molecular complexity index is 3380. The van der Waals surface area contributed by atoms with Crippen molar-refractivity contribution in [3.05, 3.63) is 219 Å². The summed E-state index contributed by atoms with van der Waals surface area (Å²) in [5, 5.41) is 1.78. The molecule has 0 radical (unpaired) electrons. The van der Waals surface area contributed by atoms with Crippen LogP contribution in [0.4, 0.5) is 45.6 Å². The summed E-state index contributed by atoms with van der Waals surface area (Å²) in [6.45, 7) is 0. The van der Waals surface area contributed by atoms with Crippen molar-refractivity contribution in [1.82, 2.24) is 19.9 Å². The Kier molecular flexibility index (Phi) is 9.11. The number of para-hydroxylation sites is 3. The van der Waals surface area contributed by atoms with Crippen molar-refractivity contribution in [3.63, 3.8) is 0 Å². The van der Waals surface area contributed by atoms with Crippen LogP contribution in [0.5, 0.6) is 11.5 Å². The number of aromatic nitrogens is 4. The highest BCUT2D eigenvalue weighted by molar-refractivity contribution is 6.21. The minimum Gasteiger partial charge on any atom is -0.453 e. The van der Waals surface area contributed by atoms with Gasteiger partial charge in [-0.05, 0) is 90.8 Å². The van der Waals surface area contributed by atoms with Crippen LogP contribution >= 0.6 is 0 Å². The van der Waals surface area contributed by atoms with Crippen molar-refractivity contribution >= 4 is 78.5 Å². The Morgan fingerprint density at radius 1 is 0.484 bits per heavy atom. The summed E-state index contributed by atoms with van der Waals surface area (Å²) < 4.78 is 7.09. The molecule has 8 nitrogen and oxygen atoms in total. The molecule has 1 unspecified atom stereocenters. The smallest absolute Gasteiger partial charge is 0.153 e. The van der Waals surface area contributed by atoms with Crippen LogP contribution < -0.4 is 19.4 Å². The number of anilines is 8. The number of fused-ring (bicyclic) bond motifs is 8. The summed E-state index contributed by atoms with van der Waals surface area (Å²) in [6.07, 6.45) is 15.0. The van der Waals surface area contributed by atoms with Crippen molar-refractivity contribution in [2.24, 2.45) is 0 Å². The normalized spacial score (nSPS) is 14.0. The summed E-state index contributed by atoms with van der Waals surface area (Å²) in [4.78, 5) is 27.2. The summed E-state index contributed by atoms with van der Waals surface area (Å²) >= 11 is 0. The van der Waals surface area contributed by atoms with E-state index in [9.17, 15) is 0 Å². The maximum Gasteiger partial charge on any atom is 0.153 e. The van der Waals surface area contributed by atoms with Crippen molar-refractivity contribution in [3.8, 4) is 22.6 Å². The molecule has 3 aromatic heterocycles. The summed E-state index contributed by atoms with van der Waals surface area (Å²) in [6, 6.07) is 61.1. The van der Waals surface area contributed by atoms with Gasteiger partial charge in [-0.25, -0.2) is 4.98 Å². The van der Waals surface area contributed by atoms with E-state index in [1.165, 1.54) is 0 Å². The van der Waals surface area contributed by atoms with Crippen LogP contribution in [-0.2, 0) is 0 Å². The molecule has 0 saturated heterocycles. The monoisotopic (exact) mass is 825 g/mol. The van der Waals surface area contributed by atoms with Gasteiger partial charge in [0.2, 0.25) is 0 Å². The Balaban J connectivity index is 1.06. The summed E-state index contributed by atoms with van der Waals surface area (Å²) in [5.41, 5.74) is 12.1. The number of nitrogens with zero attached hydrogens (tertiary/aromatic N) is 7. The van der Waals surface area contributed by atoms with Gasteiger partial charge >= 0.3 is 0 Å². The first-order chi connectivity index (χ1) is 31.7. The number of rotatable bonds is 8. The van der Waals surface area contributed by atoms with Gasteiger partial charge in [0.05, 0.1) is 34.0 Å². The number of pyridine rings is 2. The fraction of sp³-hybridized carbons (Fsp3) is 0.0357. The molecule has 7 aromatic carbocycles. The van der Waals surface area contributed by atoms with E-state index in [4.69, 9.17) is 24.7 Å². The van der Waals surface area contributed by atoms with Gasteiger partial charge < -0.3 is 14.5 Å². The molecule has 1 aliphatic carbocycles. The first-order valence-electron chi connectivity index (χ1n) is 21.5. The highest BCUT2D eigenvalue weighted by atomic mass is 16.5. The van der Waals surface area contributed by atoms with Crippen LogP contribution in [0.25, 0.3) is 44.0 Å². The SMILES string of the molecule is C1=CCC(N(c2ccccc2)c2ccc3c(c2)Oc2cc(N(c4ccccc4)c4ccccc4)ccc2N3c2ccc3c4nccnc4c4cc(-c5ccccc5)cnc4c3n2)C=C1. The molecule has 0 saturated carbocycles. The van der Waals surface area contributed by atoms with Crippen LogP contribution in [0.15, 0.2) is 219 Å². The Morgan fingerprint density at radius 2 is 1.08 bits per heavy atom. The van der Waals surface area contributed by atoms with Gasteiger partial charge in [-0.15, -0.1) is 0 Å². The van der Waals surface area contributed by atoms with Gasteiger partial charge in [0, 0.05) is 75.5 Å². The number of hydrogen-bond acceptors (Lipinski definition) is 8. The van der Waals surface area contributed by atoms with Crippen LogP contribution in [0.1, 0.15) is 6.42 Å². The second-order valence-electron chi connectivity index (χ2n) is 15.9. The van der Waals surface area contributed by atoms with Crippen LogP contribution in [0.3, 0.4) is 0 Å². The quantitative estimate of drug-likeness (QED) is 0.140. The number of ether oxygens (including phenoxy) is 1. The average molecular weight is 826 g/mol. The van der Waals surface area contributed by atoms with E-state index < -0.39 is 0 Å². The molecule has 4 heterocycles. The van der Waals surface area contributed by atoms with Crippen LogP contribution in [0, 0.1) is 0 Å². The lowest BCUT2D eigenvalue weighted by Crippen LogP contribution is -2.30. The largest absolute Gasteiger partial charge is 0.453 e. The molecule has 1 atom stereocenters. The zero-order valence-electron chi connectivity index (χ0n) is 34.6. The van der Waals surface area contributed by atoms with Crippen LogP contribution in [0.2, 0.25) is 0 Å². The first-order valence-corrected chi connectivity index (χ1v) is 21.5. The maximum atomic E-state index is 7.09. The molecule has 0 amide bonds. The Labute approximate surface area is 370 Å². The van der Waals surface area contributed by atoms with Crippen LogP contribution in [-0.4, -0.2) is 26.0 Å². The van der Waals surface area contributed by atoms with Gasteiger partial charge in [-0.2, -0.15) is 0 Å². The lowest BCUT2D eigenvalue weighted by molar-refractivity contribution is 0.477. The molecule has 1 aliphatic heterocycles. The third-order valence-corrected chi connectivity index (χ3v) is 12.0. The minimum atomic E-state index is 0.123. The fourth-order valence-corrected chi connectivity index (χ4v) is 9.10. The number of allylic oxidation sites excluding steroid dienone is 2. The second kappa shape index (κ2) is 15.7. The second-order valence-corrected chi connectivity index (χ2v) is 15.9. The van der Waals surface area contributed by atoms with Gasteiger partial charge in [0.25, 0.3) is 0 Å². The molecular formula is C56H39N7O. The molecule has 10 aromatic rings. The van der Waals surface area contributed by atoms with Crippen molar-refractivity contribution in [1.29, 1.82) is 0 Å². The van der Waals surface area contributed by atoms with Crippen molar-refractivity contribution in [2.45, 2.75) is 12.5 Å². The summed E-state index contributed by atoms with van der Waals surface area (Å²) in [5.74, 6) is 2.14. The van der Waals surface area contributed by atoms with E-state index in [0.717, 1.165) is 96.0 Å². The van der Waals surface area contributed by atoms with Crippen molar-refractivity contribution < 1.29 is 4.74 Å². The van der Waals surface area contributed by atoms with E-state index in [0.29, 0.717) is 11.5 Å². The molecule has 2 aliphatic rings. The molecule has 0 fully saturated rings. The highest BCUT2D eigenvalue weighted by Crippen LogP contribution is 2.53. The van der Waals surface area contributed by atoms with Gasteiger partial charge in [-0.3, -0.25) is 19.9 Å². The molecular weight excluding hydrogens is 787 g/mol. The standard InChI is InChI=1S/C56H39N7O/c1-6-16-38(17-7-1)39-34-47-54-53(57-32-33-58-54)46-28-31-52(60-56(46)55(47)59-37-39)63-48-29-26-44(61(40-18-8-2-9-19-40)41-20-10-3-11-21-41)35-50(48)64-51-36-45(27-30-49(51)63)62(42-22-12-4-13-23-42)43-24-14-5-15-25-43/h1-24,26-37,43H,25H2. The Hall–Kier alpha value is -8.62. The zero-order chi connectivity index (χ0) is 42.4. The molecule has 64 heavy (non-hydrogen) atoms. The average Bonchev–Trinajstić information content (AvgIpc) is 3.37. The van der Waals surface area contributed by atoms with Gasteiger partial charge in [0.15, 0.2) is 11.5 Å². The van der Waals surface area contributed by atoms with Crippen molar-refractivity contribution in [2.75, 3.05) is 14.7 Å². The zero-order valence-corrected chi connectivity index (χ0v) is 34.6. The topological polar surface area (TPSA) is 70.5 Å². The fourth-order valence-electron chi connectivity index (χ4n) is 9.10. The van der Waals surface area contributed by atoms with E-state index in [1.807, 2.05) is 36.5 Å². The third-order valence-electron chi connectivity index (χ3n) is 12.0. The lowest BCUT2D eigenvalue weighted by atomic mass is 10.0. The van der Waals surface area contributed by atoms with Gasteiger partial charge in [-0.1, -0.05) is 109 Å².